The van der Waals surface area contributed by atoms with Crippen molar-refractivity contribution >= 4 is 5.43 Å². The van der Waals surface area contributed by atoms with Crippen LogP contribution in [0.2, 0.25) is 13.1 Å². The van der Waals surface area contributed by atoms with Crippen molar-refractivity contribution in [3.05, 3.63) is 54.5 Å². The van der Waals surface area contributed by atoms with E-state index in [1.165, 1.54) is 25.7 Å². The van der Waals surface area contributed by atoms with E-state index >= 15 is 0 Å². The Bertz CT molecular complexity index is 546. The predicted octanol–water partition coefficient (Wildman–Crippen LogP) is -0.726. The maximum Gasteiger partial charge on any atom is -1.00 e. The van der Waals surface area contributed by atoms with Crippen molar-refractivity contribution in [1.82, 2.24) is 0 Å². The quantitative estimate of drug-likeness (QED) is 0.360. The van der Waals surface area contributed by atoms with Gasteiger partial charge in [0.25, 0.3) is 0 Å². The Labute approximate surface area is 175 Å². The van der Waals surface area contributed by atoms with Crippen LogP contribution in [0.25, 0.3) is 0 Å². The normalized spacial score (nSPS) is 34.8. The number of rotatable bonds is 1. The van der Waals surface area contributed by atoms with Crippen LogP contribution in [-0.4, -0.2) is 5.43 Å². The van der Waals surface area contributed by atoms with Crippen molar-refractivity contribution in [2.24, 2.45) is 29.6 Å². The molecule has 0 spiro atoms. The van der Waals surface area contributed by atoms with E-state index in [2.05, 4.69) is 62.0 Å². The average Bonchev–Trinajstić information content (AvgIpc) is 3.14. The summed E-state index contributed by atoms with van der Waals surface area (Å²) in [5.41, 5.74) is 1.91. The van der Waals surface area contributed by atoms with Crippen LogP contribution in [0.4, 0.5) is 0 Å². The maximum absolute atomic E-state index is 2.68. The molecule has 4 heteroatoms. The smallest absolute Gasteiger partial charge is 1.00 e. The number of allylic oxidation sites excluding steroid dienone is 8. The number of halogens is 2. The van der Waals surface area contributed by atoms with Crippen molar-refractivity contribution < 1.29 is 48.1 Å². The molecule has 0 aromatic heterocycles. The van der Waals surface area contributed by atoms with Crippen molar-refractivity contribution in [2.75, 3.05) is 0 Å². The molecule has 0 amide bonds. The summed E-state index contributed by atoms with van der Waals surface area (Å²) < 4.78 is 0. The average molecular weight is 458 g/mol. The SMILES string of the molecule is C1=CCC(C2CCCC3C4C=CC=CC4[CH-]C23)=C1.C[Si](C)=[Zr+2].[Cl-].[Cl-]. The van der Waals surface area contributed by atoms with Gasteiger partial charge in [0, 0.05) is 0 Å². The molecule has 2 saturated carbocycles. The van der Waals surface area contributed by atoms with Crippen molar-refractivity contribution in [3.63, 3.8) is 0 Å². The Morgan fingerprint density at radius 1 is 1.08 bits per heavy atom. The first-order valence-corrected chi connectivity index (χ1v) is 14.9. The predicted molar refractivity (Wildman–Crippen MR) is 93.2 cm³/mol. The molecule has 4 rings (SSSR count). The molecule has 24 heavy (non-hydrogen) atoms. The fourth-order valence-electron chi connectivity index (χ4n) is 4.67. The summed E-state index contributed by atoms with van der Waals surface area (Å²) in [6.07, 6.45) is 24.5. The molecule has 5 unspecified atom stereocenters. The molecule has 4 aliphatic carbocycles. The summed E-state index contributed by atoms with van der Waals surface area (Å²) in [5, 5.41) is 0. The minimum Gasteiger partial charge on any atom is -1.00 e. The summed E-state index contributed by atoms with van der Waals surface area (Å²) in [7, 11) is 0. The zero-order chi connectivity index (χ0) is 15.5. The molecule has 0 aliphatic heterocycles. The van der Waals surface area contributed by atoms with Gasteiger partial charge in [-0.25, -0.2) is 0 Å². The first-order chi connectivity index (χ1) is 10.7. The van der Waals surface area contributed by atoms with E-state index in [4.69, 9.17) is 0 Å². The molecule has 2 fully saturated rings. The molecule has 0 N–H and O–H groups in total. The Kier molecular flexibility index (Phi) is 10.1. The van der Waals surface area contributed by atoms with Crippen LogP contribution in [0, 0.1) is 36.0 Å². The molecule has 0 aromatic carbocycles. The van der Waals surface area contributed by atoms with Crippen molar-refractivity contribution in [2.45, 2.75) is 38.8 Å². The van der Waals surface area contributed by atoms with Crippen LogP contribution in [0.5, 0.6) is 0 Å². The van der Waals surface area contributed by atoms with Gasteiger partial charge in [0.15, 0.2) is 0 Å². The van der Waals surface area contributed by atoms with Crippen LogP contribution >= 0.6 is 0 Å². The monoisotopic (exact) mass is 455 g/mol. The van der Waals surface area contributed by atoms with Gasteiger partial charge in [-0.1, -0.05) is 60.8 Å². The fourth-order valence-corrected chi connectivity index (χ4v) is 4.67. The van der Waals surface area contributed by atoms with Gasteiger partial charge in [0.2, 0.25) is 0 Å². The Balaban J connectivity index is 0.000000438. The first-order valence-electron chi connectivity index (χ1n) is 8.74. The van der Waals surface area contributed by atoms with Gasteiger partial charge >= 0.3 is 41.9 Å². The molecule has 0 aromatic rings. The van der Waals surface area contributed by atoms with Gasteiger partial charge < -0.3 is 31.2 Å². The van der Waals surface area contributed by atoms with Gasteiger partial charge in [0.1, 0.15) is 0 Å². The second kappa shape index (κ2) is 10.7. The van der Waals surface area contributed by atoms with Gasteiger partial charge in [-0.15, -0.1) is 12.0 Å². The van der Waals surface area contributed by atoms with E-state index in [1.54, 1.807) is 28.9 Å². The van der Waals surface area contributed by atoms with Crippen LogP contribution in [0.15, 0.2) is 48.1 Å². The van der Waals surface area contributed by atoms with Gasteiger partial charge in [-0.05, 0) is 24.7 Å². The zero-order valence-electron chi connectivity index (χ0n) is 14.6. The minimum absolute atomic E-state index is 0. The second-order valence-electron chi connectivity index (χ2n) is 7.27. The third-order valence-electron chi connectivity index (χ3n) is 5.45. The van der Waals surface area contributed by atoms with E-state index in [0.29, 0.717) is 0 Å². The molecule has 0 radical (unpaired) electrons. The summed E-state index contributed by atoms with van der Waals surface area (Å²) in [6, 6.07) is 0. The molecule has 4 aliphatic rings. The number of fused-ring (bicyclic) bond motifs is 3. The van der Waals surface area contributed by atoms with Gasteiger partial charge in [0.05, 0.1) is 0 Å². The molecule has 0 nitrogen and oxygen atoms in total. The van der Waals surface area contributed by atoms with E-state index < -0.39 is 0 Å². The number of hydrogen-bond donors (Lipinski definition) is 0. The van der Waals surface area contributed by atoms with E-state index in [-0.39, 0.29) is 30.2 Å². The maximum atomic E-state index is 2.68. The molecular weight excluding hydrogens is 430 g/mol. The second-order valence-corrected chi connectivity index (χ2v) is 16.6. The van der Waals surface area contributed by atoms with Crippen LogP contribution < -0.4 is 24.8 Å². The Hall–Kier alpha value is 0.640. The summed E-state index contributed by atoms with van der Waals surface area (Å²) in [5.74, 6) is 4.12. The fraction of sp³-hybridized carbons (Fsp3) is 0.550. The molecule has 0 heterocycles. The zero-order valence-corrected chi connectivity index (χ0v) is 19.6. The Morgan fingerprint density at radius 3 is 2.46 bits per heavy atom. The molecule has 0 saturated heterocycles. The largest absolute Gasteiger partial charge is 1.00 e. The van der Waals surface area contributed by atoms with Crippen molar-refractivity contribution in [3.8, 4) is 0 Å². The number of hydrogen-bond acceptors (Lipinski definition) is 0. The van der Waals surface area contributed by atoms with Crippen molar-refractivity contribution in [1.29, 1.82) is 0 Å². The third kappa shape index (κ3) is 5.32. The van der Waals surface area contributed by atoms with Crippen LogP contribution in [-0.2, 0) is 23.3 Å². The summed E-state index contributed by atoms with van der Waals surface area (Å²) in [4.78, 5) is 0. The Morgan fingerprint density at radius 2 is 1.79 bits per heavy atom. The molecule has 0 bridgehead atoms. The minimum atomic E-state index is 0. The molecule has 130 valence electrons. The van der Waals surface area contributed by atoms with E-state index in [1.807, 2.05) is 0 Å². The topological polar surface area (TPSA) is 0 Å². The third-order valence-corrected chi connectivity index (χ3v) is 5.45. The van der Waals surface area contributed by atoms with Crippen LogP contribution in [0.1, 0.15) is 25.7 Å². The first kappa shape index (κ1) is 22.7. The van der Waals surface area contributed by atoms with Gasteiger partial charge in [-0.3, -0.25) is 0 Å². The summed E-state index contributed by atoms with van der Waals surface area (Å²) in [6.45, 7) is 4.62. The summed E-state index contributed by atoms with van der Waals surface area (Å²) >= 11 is 1.74. The standard InChI is InChI=1S/C18H21.C2H6Si.2ClH.Zr/c1-2-7-13(6-1)15-10-5-11-17-16-9-4-3-8-14(16)12-18(15)17;1-3-2;;;/h1-4,6,8-9,12,14-18H,5,7,10-11H2;1-2H3;2*1H;/q-1;;;;+2/p-2. The molecule has 5 atom stereocenters. The van der Waals surface area contributed by atoms with Crippen LogP contribution in [0.3, 0.4) is 0 Å². The van der Waals surface area contributed by atoms with E-state index in [9.17, 15) is 0 Å². The van der Waals surface area contributed by atoms with E-state index in [0.717, 1.165) is 29.6 Å². The molecular formula is C20H27Cl2SiZr-. The van der Waals surface area contributed by atoms with Gasteiger partial charge in [-0.2, -0.15) is 5.92 Å².